The number of hydrogen-bond donors (Lipinski definition) is 1. The van der Waals surface area contributed by atoms with Crippen molar-refractivity contribution >= 4 is 10.0 Å². The first kappa shape index (κ1) is 16.0. The van der Waals surface area contributed by atoms with Crippen LogP contribution in [0.15, 0.2) is 29.3 Å². The van der Waals surface area contributed by atoms with E-state index in [1.807, 2.05) is 6.07 Å². The van der Waals surface area contributed by atoms with Crippen LogP contribution in [0.3, 0.4) is 0 Å². The Morgan fingerprint density at radius 1 is 1.26 bits per heavy atom. The minimum atomic E-state index is -4.24. The quantitative estimate of drug-likeness (QED) is 0.842. The van der Waals surface area contributed by atoms with Gasteiger partial charge in [0.1, 0.15) is 4.90 Å². The lowest BCUT2D eigenvalue weighted by Crippen LogP contribution is -2.27. The summed E-state index contributed by atoms with van der Waals surface area (Å²) in [4.78, 5) is -0.894. The molecule has 1 fully saturated rings. The maximum atomic E-state index is 13.6. The second-order valence-electron chi connectivity index (χ2n) is 5.51. The van der Waals surface area contributed by atoms with Crippen LogP contribution >= 0.6 is 0 Å². The number of aromatic nitrogens is 2. The third-order valence-corrected chi connectivity index (χ3v) is 5.43. The molecule has 1 heterocycles. The largest absolute Gasteiger partial charge is 0.272 e. The average molecular weight is 345 g/mol. The predicted octanol–water partition coefficient (Wildman–Crippen LogP) is 1.92. The normalized spacial score (nSPS) is 20.7. The van der Waals surface area contributed by atoms with Gasteiger partial charge in [-0.25, -0.2) is 26.3 Å². The van der Waals surface area contributed by atoms with E-state index in [-0.39, 0.29) is 18.4 Å². The summed E-state index contributed by atoms with van der Waals surface area (Å²) in [6, 6.07) is 3.15. The molecule has 1 N–H and O–H groups in total. The molecular weight excluding hydrogens is 331 g/mol. The van der Waals surface area contributed by atoms with E-state index in [9.17, 15) is 21.6 Å². The van der Waals surface area contributed by atoms with Crippen molar-refractivity contribution in [1.82, 2.24) is 14.5 Å². The van der Waals surface area contributed by atoms with Crippen molar-refractivity contribution in [3.63, 3.8) is 0 Å². The third-order valence-electron chi connectivity index (χ3n) is 3.99. The van der Waals surface area contributed by atoms with Crippen molar-refractivity contribution in [3.8, 4) is 0 Å². The number of rotatable bonds is 5. The van der Waals surface area contributed by atoms with Crippen LogP contribution in [0.1, 0.15) is 18.0 Å². The molecule has 3 rings (SSSR count). The molecule has 0 bridgehead atoms. The summed E-state index contributed by atoms with van der Waals surface area (Å²) in [6.07, 6.45) is 2.44. The van der Waals surface area contributed by atoms with Gasteiger partial charge in [0.25, 0.3) is 0 Å². The van der Waals surface area contributed by atoms with E-state index in [0.717, 1.165) is 12.1 Å². The van der Waals surface area contributed by atoms with E-state index in [2.05, 4.69) is 9.82 Å². The van der Waals surface area contributed by atoms with Gasteiger partial charge in [-0.05, 0) is 30.5 Å². The summed E-state index contributed by atoms with van der Waals surface area (Å²) in [5.74, 6) is -4.70. The molecule has 1 aliphatic carbocycles. The van der Waals surface area contributed by atoms with Crippen LogP contribution in [-0.2, 0) is 17.1 Å². The van der Waals surface area contributed by atoms with E-state index in [4.69, 9.17) is 0 Å². The van der Waals surface area contributed by atoms with Crippen LogP contribution in [0.4, 0.5) is 13.2 Å². The summed E-state index contributed by atoms with van der Waals surface area (Å²) in [5, 5.41) is 4.05. The Bertz CT molecular complexity index is 851. The molecule has 0 spiro atoms. The molecule has 1 saturated carbocycles. The number of nitrogens with one attached hydrogen (secondary N) is 1. The van der Waals surface area contributed by atoms with E-state index < -0.39 is 32.4 Å². The van der Waals surface area contributed by atoms with Gasteiger partial charge in [0, 0.05) is 31.4 Å². The second-order valence-corrected chi connectivity index (χ2v) is 7.24. The van der Waals surface area contributed by atoms with Crippen LogP contribution in [0.5, 0.6) is 0 Å². The van der Waals surface area contributed by atoms with Crippen LogP contribution in [0.2, 0.25) is 0 Å². The van der Waals surface area contributed by atoms with Gasteiger partial charge in [0.15, 0.2) is 17.5 Å². The lowest BCUT2D eigenvalue weighted by molar-refractivity contribution is 0.431. The van der Waals surface area contributed by atoms with Crippen molar-refractivity contribution in [3.05, 3.63) is 47.5 Å². The molecule has 0 unspecified atom stereocenters. The summed E-state index contributed by atoms with van der Waals surface area (Å²) in [6.45, 7) is 0.0939. The third kappa shape index (κ3) is 2.98. The molecule has 0 aliphatic heterocycles. The smallest absolute Gasteiger partial charge is 0.243 e. The zero-order valence-electron chi connectivity index (χ0n) is 12.1. The van der Waals surface area contributed by atoms with Crippen LogP contribution in [-0.4, -0.2) is 24.7 Å². The van der Waals surface area contributed by atoms with E-state index in [0.29, 0.717) is 12.1 Å². The highest BCUT2D eigenvalue weighted by Gasteiger charge is 2.40. The predicted molar refractivity (Wildman–Crippen MR) is 75.6 cm³/mol. The van der Waals surface area contributed by atoms with Gasteiger partial charge in [-0.3, -0.25) is 4.68 Å². The van der Waals surface area contributed by atoms with Crippen LogP contribution in [0.25, 0.3) is 0 Å². The highest BCUT2D eigenvalue weighted by Crippen LogP contribution is 2.46. The van der Waals surface area contributed by atoms with Crippen LogP contribution < -0.4 is 4.72 Å². The molecule has 2 atom stereocenters. The van der Waals surface area contributed by atoms with Gasteiger partial charge in [0.05, 0.1) is 0 Å². The summed E-state index contributed by atoms with van der Waals surface area (Å²) < 4.78 is 67.7. The molecule has 0 amide bonds. The molecule has 2 aromatic rings. The molecule has 9 heteroatoms. The Kier molecular flexibility index (Phi) is 3.93. The van der Waals surface area contributed by atoms with Gasteiger partial charge in [-0.15, -0.1) is 0 Å². The van der Waals surface area contributed by atoms with E-state index in [1.165, 1.54) is 0 Å². The molecule has 1 aliphatic rings. The number of sulfonamides is 1. The first-order chi connectivity index (χ1) is 10.8. The summed E-state index contributed by atoms with van der Waals surface area (Å²) >= 11 is 0. The topological polar surface area (TPSA) is 64.0 Å². The fraction of sp³-hybridized carbons (Fsp3) is 0.357. The molecule has 0 saturated heterocycles. The van der Waals surface area contributed by atoms with E-state index in [1.54, 1.807) is 17.9 Å². The first-order valence-corrected chi connectivity index (χ1v) is 8.40. The van der Waals surface area contributed by atoms with Crippen molar-refractivity contribution < 1.29 is 21.6 Å². The number of aryl methyl sites for hydroxylation is 1. The number of nitrogens with zero attached hydrogens (tertiary/aromatic N) is 2. The Labute approximate surface area is 131 Å². The van der Waals surface area contributed by atoms with Crippen molar-refractivity contribution in [2.75, 3.05) is 6.54 Å². The summed E-state index contributed by atoms with van der Waals surface area (Å²) in [7, 11) is -2.44. The lowest BCUT2D eigenvalue weighted by Gasteiger charge is -2.08. The van der Waals surface area contributed by atoms with Gasteiger partial charge >= 0.3 is 0 Å². The monoisotopic (exact) mass is 345 g/mol. The molecule has 5 nitrogen and oxygen atoms in total. The van der Waals surface area contributed by atoms with Crippen molar-refractivity contribution in [1.29, 1.82) is 0 Å². The molecule has 23 heavy (non-hydrogen) atoms. The number of halogens is 3. The molecular formula is C14H14F3N3O2S. The van der Waals surface area contributed by atoms with Gasteiger partial charge < -0.3 is 0 Å². The Morgan fingerprint density at radius 3 is 2.65 bits per heavy atom. The molecule has 1 aromatic heterocycles. The Hall–Kier alpha value is -1.87. The maximum absolute atomic E-state index is 13.6. The van der Waals surface area contributed by atoms with E-state index >= 15 is 0 Å². The average Bonchev–Trinajstić information content (AvgIpc) is 3.15. The zero-order valence-corrected chi connectivity index (χ0v) is 12.9. The molecule has 0 radical (unpaired) electrons. The zero-order chi connectivity index (χ0) is 16.8. The lowest BCUT2D eigenvalue weighted by atomic mass is 10.2. The number of benzene rings is 1. The van der Waals surface area contributed by atoms with Gasteiger partial charge in [0.2, 0.25) is 10.0 Å². The van der Waals surface area contributed by atoms with Gasteiger partial charge in [-0.1, -0.05) is 0 Å². The van der Waals surface area contributed by atoms with Crippen molar-refractivity contribution in [2.45, 2.75) is 17.2 Å². The minimum Gasteiger partial charge on any atom is -0.272 e. The Morgan fingerprint density at radius 2 is 2.00 bits per heavy atom. The molecule has 124 valence electrons. The van der Waals surface area contributed by atoms with Crippen molar-refractivity contribution in [2.24, 2.45) is 13.0 Å². The highest BCUT2D eigenvalue weighted by atomic mass is 32.2. The summed E-state index contributed by atoms with van der Waals surface area (Å²) in [5.41, 5.74) is 0.994. The standard InChI is InChI=1S/C14H14F3N3O2S/c1-20-11(4-5-18-20)9-6-8(9)7-19-23(21,22)12-3-2-10(15)13(16)14(12)17/h2-5,8-9,19H,6-7H2,1H3/t8-,9+/m0/s1. The first-order valence-electron chi connectivity index (χ1n) is 6.92. The maximum Gasteiger partial charge on any atom is 0.243 e. The van der Waals surface area contributed by atoms with Gasteiger partial charge in [-0.2, -0.15) is 5.10 Å². The van der Waals surface area contributed by atoms with Crippen LogP contribution in [0, 0.1) is 23.4 Å². The fourth-order valence-electron chi connectivity index (χ4n) is 2.59. The fourth-order valence-corrected chi connectivity index (χ4v) is 3.76. The minimum absolute atomic E-state index is 0.0635. The molecule has 1 aromatic carbocycles. The second kappa shape index (κ2) is 5.64. The Balaban J connectivity index is 1.69. The number of hydrogen-bond acceptors (Lipinski definition) is 3. The SMILES string of the molecule is Cn1nccc1[C@@H]1C[C@H]1CNS(=O)(=O)c1ccc(F)c(F)c1F. The highest BCUT2D eigenvalue weighted by molar-refractivity contribution is 7.89.